The molecule has 0 spiro atoms. The number of hydrogen-bond donors (Lipinski definition) is 2. The quantitative estimate of drug-likeness (QED) is 0.527. The molecule has 0 aliphatic carbocycles. The van der Waals surface area contributed by atoms with Crippen LogP contribution in [-0.2, 0) is 9.59 Å². The number of rotatable bonds is 5. The van der Waals surface area contributed by atoms with Crippen LogP contribution in [0.4, 0.5) is 0 Å². The van der Waals surface area contributed by atoms with Crippen LogP contribution in [0.3, 0.4) is 0 Å². The van der Waals surface area contributed by atoms with E-state index in [1.165, 1.54) is 24.3 Å². The third-order valence-electron chi connectivity index (χ3n) is 2.81. The summed E-state index contributed by atoms with van der Waals surface area (Å²) < 4.78 is 11.1. The van der Waals surface area contributed by atoms with Gasteiger partial charge in [-0.1, -0.05) is 44.0 Å². The summed E-state index contributed by atoms with van der Waals surface area (Å²) >= 11 is 6.41. The number of carbonyl (C=O) groups is 2. The zero-order chi connectivity index (χ0) is 17.7. The highest BCUT2D eigenvalue weighted by Crippen LogP contribution is 2.20. The van der Waals surface area contributed by atoms with Crippen molar-refractivity contribution < 1.29 is 29.3 Å². The number of hydrogen-bond acceptors (Lipinski definition) is 6. The Morgan fingerprint density at radius 1 is 0.792 bits per heavy atom. The second-order valence-electron chi connectivity index (χ2n) is 4.65. The first-order valence-corrected chi connectivity index (χ1v) is 8.26. The largest absolute Gasteiger partial charge is 0.424 e. The second kappa shape index (κ2) is 8.39. The zero-order valence-electron chi connectivity index (χ0n) is 12.1. The maximum absolute atomic E-state index is 11.8. The van der Waals surface area contributed by atoms with Crippen molar-refractivity contribution in [2.75, 3.05) is 0 Å². The Hall–Kier alpha value is -1.74. The zero-order valence-corrected chi connectivity index (χ0v) is 15.2. The van der Waals surface area contributed by atoms with E-state index in [0.29, 0.717) is 8.95 Å². The Bertz CT molecular complexity index is 685. The van der Waals surface area contributed by atoms with Gasteiger partial charge in [0.25, 0.3) is 0 Å². The lowest BCUT2D eigenvalue weighted by atomic mass is 10.2. The molecule has 0 amide bonds. The van der Waals surface area contributed by atoms with Gasteiger partial charge in [-0.3, -0.25) is 0 Å². The molecule has 0 saturated heterocycles. The van der Waals surface area contributed by atoms with Gasteiger partial charge < -0.3 is 19.7 Å². The van der Waals surface area contributed by atoms with E-state index >= 15 is 0 Å². The number of esters is 2. The maximum Gasteiger partial charge on any atom is 0.343 e. The van der Waals surface area contributed by atoms with E-state index in [0.717, 1.165) is 0 Å². The summed E-state index contributed by atoms with van der Waals surface area (Å²) in [6.45, 7) is 0. The maximum atomic E-state index is 11.8. The minimum Gasteiger partial charge on any atom is -0.424 e. The first-order valence-electron chi connectivity index (χ1n) is 6.67. The highest BCUT2D eigenvalue weighted by atomic mass is 79.9. The highest BCUT2D eigenvalue weighted by Gasteiger charge is 2.33. The van der Waals surface area contributed by atoms with Gasteiger partial charge in [-0.15, -0.1) is 0 Å². The molecular formula is C16H12Br2O6. The van der Waals surface area contributed by atoms with Crippen LogP contribution >= 0.6 is 31.9 Å². The predicted octanol–water partition coefficient (Wildman–Crippen LogP) is 2.44. The molecule has 2 atom stereocenters. The minimum atomic E-state index is -2.08. The second-order valence-corrected chi connectivity index (χ2v) is 6.48. The Labute approximate surface area is 154 Å². The molecular weight excluding hydrogens is 448 g/mol. The molecule has 2 aromatic rings. The molecule has 2 aromatic carbocycles. The average Bonchev–Trinajstić information content (AvgIpc) is 2.53. The van der Waals surface area contributed by atoms with Crippen LogP contribution in [0.15, 0.2) is 57.5 Å². The Balaban J connectivity index is 1.98. The van der Waals surface area contributed by atoms with E-state index in [4.69, 9.17) is 9.47 Å². The Morgan fingerprint density at radius 2 is 1.17 bits per heavy atom. The summed E-state index contributed by atoms with van der Waals surface area (Å²) in [6, 6.07) is 12.7. The molecule has 0 saturated carbocycles. The smallest absolute Gasteiger partial charge is 0.343 e. The Morgan fingerprint density at radius 3 is 1.50 bits per heavy atom. The molecule has 0 radical (unpaired) electrons. The first kappa shape index (κ1) is 18.6. The lowest BCUT2D eigenvalue weighted by Gasteiger charge is -2.15. The summed E-state index contributed by atoms with van der Waals surface area (Å²) in [7, 11) is 0. The van der Waals surface area contributed by atoms with Crippen LogP contribution < -0.4 is 9.47 Å². The molecule has 2 N–H and O–H groups in total. The molecule has 0 aromatic heterocycles. The standard InChI is InChI=1S/C16H12Br2O6/c17-9-3-1-5-11(7-9)23-15(21)13(19)14(20)16(22)24-12-6-2-4-10(18)8-12/h1-8,13-14,19-20H/t13-,14-/m1/s1. The van der Waals surface area contributed by atoms with Crippen LogP contribution in [0.5, 0.6) is 11.5 Å². The third-order valence-corrected chi connectivity index (χ3v) is 3.80. The molecule has 0 bridgehead atoms. The van der Waals surface area contributed by atoms with Gasteiger partial charge in [-0.05, 0) is 36.4 Å². The van der Waals surface area contributed by atoms with E-state index in [1.54, 1.807) is 24.3 Å². The molecule has 2 rings (SSSR count). The van der Waals surface area contributed by atoms with Crippen molar-refractivity contribution in [3.8, 4) is 11.5 Å². The van der Waals surface area contributed by atoms with Gasteiger partial charge in [0.15, 0.2) is 12.2 Å². The van der Waals surface area contributed by atoms with Crippen LogP contribution in [0.25, 0.3) is 0 Å². The molecule has 0 aliphatic heterocycles. The molecule has 0 fully saturated rings. The summed E-state index contributed by atoms with van der Waals surface area (Å²) in [5, 5.41) is 19.5. The predicted molar refractivity (Wildman–Crippen MR) is 91.6 cm³/mol. The number of aliphatic hydroxyl groups excluding tert-OH is 2. The number of carbonyl (C=O) groups excluding carboxylic acids is 2. The number of aliphatic hydroxyl groups is 2. The molecule has 6 nitrogen and oxygen atoms in total. The average molecular weight is 460 g/mol. The lowest BCUT2D eigenvalue weighted by Crippen LogP contribution is -2.43. The molecule has 0 unspecified atom stereocenters. The van der Waals surface area contributed by atoms with E-state index in [2.05, 4.69) is 31.9 Å². The molecule has 8 heteroatoms. The van der Waals surface area contributed by atoms with Gasteiger partial charge in [0.1, 0.15) is 11.5 Å². The summed E-state index contributed by atoms with van der Waals surface area (Å²) in [4.78, 5) is 23.6. The van der Waals surface area contributed by atoms with E-state index < -0.39 is 24.1 Å². The monoisotopic (exact) mass is 458 g/mol. The van der Waals surface area contributed by atoms with Crippen molar-refractivity contribution in [3.63, 3.8) is 0 Å². The number of benzene rings is 2. The topological polar surface area (TPSA) is 93.1 Å². The number of ether oxygens (including phenoxy) is 2. The molecule has 126 valence electrons. The van der Waals surface area contributed by atoms with Gasteiger partial charge in [0.05, 0.1) is 0 Å². The van der Waals surface area contributed by atoms with Crippen molar-refractivity contribution in [2.24, 2.45) is 0 Å². The van der Waals surface area contributed by atoms with Crippen LogP contribution in [0.2, 0.25) is 0 Å². The molecule has 24 heavy (non-hydrogen) atoms. The van der Waals surface area contributed by atoms with E-state index in [1.807, 2.05) is 0 Å². The van der Waals surface area contributed by atoms with Gasteiger partial charge >= 0.3 is 11.9 Å². The fraction of sp³-hybridized carbons (Fsp3) is 0.125. The highest BCUT2D eigenvalue weighted by molar-refractivity contribution is 9.10. The molecule has 0 heterocycles. The Kier molecular flexibility index (Phi) is 6.50. The van der Waals surface area contributed by atoms with E-state index in [9.17, 15) is 19.8 Å². The SMILES string of the molecule is O=C(Oc1cccc(Br)c1)[C@H](O)[C@@H](O)C(=O)Oc1cccc(Br)c1. The normalized spacial score (nSPS) is 13.0. The minimum absolute atomic E-state index is 0.154. The lowest BCUT2D eigenvalue weighted by molar-refractivity contribution is -0.162. The third kappa shape index (κ3) is 5.13. The van der Waals surface area contributed by atoms with Crippen molar-refractivity contribution in [1.29, 1.82) is 0 Å². The van der Waals surface area contributed by atoms with Crippen molar-refractivity contribution >= 4 is 43.8 Å². The van der Waals surface area contributed by atoms with Crippen molar-refractivity contribution in [2.45, 2.75) is 12.2 Å². The van der Waals surface area contributed by atoms with Crippen molar-refractivity contribution in [1.82, 2.24) is 0 Å². The first-order chi connectivity index (χ1) is 11.4. The summed E-state index contributed by atoms with van der Waals surface area (Å²) in [5.74, 6) is -2.04. The van der Waals surface area contributed by atoms with Gasteiger partial charge in [-0.2, -0.15) is 0 Å². The van der Waals surface area contributed by atoms with Crippen LogP contribution in [0, 0.1) is 0 Å². The summed E-state index contributed by atoms with van der Waals surface area (Å²) in [5.41, 5.74) is 0. The summed E-state index contributed by atoms with van der Waals surface area (Å²) in [6.07, 6.45) is -4.16. The van der Waals surface area contributed by atoms with Crippen LogP contribution in [0.1, 0.15) is 0 Å². The van der Waals surface area contributed by atoms with Gasteiger partial charge in [0, 0.05) is 8.95 Å². The van der Waals surface area contributed by atoms with E-state index in [-0.39, 0.29) is 11.5 Å². The molecule has 0 aliphatic rings. The fourth-order valence-corrected chi connectivity index (χ4v) is 2.43. The van der Waals surface area contributed by atoms with Gasteiger partial charge in [-0.25, -0.2) is 9.59 Å². The van der Waals surface area contributed by atoms with Crippen molar-refractivity contribution in [3.05, 3.63) is 57.5 Å². The number of halogens is 2. The van der Waals surface area contributed by atoms with Gasteiger partial charge in [0.2, 0.25) is 0 Å². The fourth-order valence-electron chi connectivity index (χ4n) is 1.67. The van der Waals surface area contributed by atoms with Crippen LogP contribution in [-0.4, -0.2) is 34.4 Å².